The predicted molar refractivity (Wildman–Crippen MR) is 111 cm³/mol. The summed E-state index contributed by atoms with van der Waals surface area (Å²) in [5.41, 5.74) is 2.20. The SMILES string of the molecule is COC(=O)/C=C1/S/C(=N\N=Cc2cccc(CN3CCCCC3C)c2)NC1=O. The zero-order valence-corrected chi connectivity index (χ0v) is 16.9. The molecule has 2 aliphatic rings. The zero-order chi connectivity index (χ0) is 19.9. The number of piperidine rings is 1. The third-order valence-corrected chi connectivity index (χ3v) is 5.63. The van der Waals surface area contributed by atoms with Crippen LogP contribution in [0.2, 0.25) is 0 Å². The number of amides is 1. The number of carbonyl (C=O) groups excluding carboxylic acids is 2. The van der Waals surface area contributed by atoms with Crippen LogP contribution in [0.4, 0.5) is 0 Å². The van der Waals surface area contributed by atoms with Gasteiger partial charge in [-0.05, 0) is 55.3 Å². The Morgan fingerprint density at radius 2 is 2.29 bits per heavy atom. The van der Waals surface area contributed by atoms with E-state index in [0.717, 1.165) is 36.5 Å². The summed E-state index contributed by atoms with van der Waals surface area (Å²) in [7, 11) is 1.26. The Morgan fingerprint density at radius 3 is 3.07 bits per heavy atom. The van der Waals surface area contributed by atoms with Crippen molar-refractivity contribution in [3.8, 4) is 0 Å². The maximum absolute atomic E-state index is 11.8. The number of rotatable bonds is 5. The Labute approximate surface area is 168 Å². The topological polar surface area (TPSA) is 83.4 Å². The lowest BCUT2D eigenvalue weighted by molar-refractivity contribution is -0.135. The summed E-state index contributed by atoms with van der Waals surface area (Å²) in [6.07, 6.45) is 6.63. The molecule has 2 fully saturated rings. The standard InChI is InChI=1S/C20H24N4O3S/c1-14-6-3-4-9-24(14)13-16-8-5-7-15(10-16)12-21-23-20-22-19(26)17(28-20)11-18(25)27-2/h5,7-8,10-12,14H,3-4,6,9,13H2,1-2H3,(H,22,23,26)/b17-11+,21-12?. The molecule has 1 aromatic rings. The summed E-state index contributed by atoms with van der Waals surface area (Å²) in [5, 5.41) is 11.0. The number of hydrogen-bond donors (Lipinski definition) is 1. The summed E-state index contributed by atoms with van der Waals surface area (Å²) >= 11 is 1.05. The van der Waals surface area contributed by atoms with Gasteiger partial charge in [-0.25, -0.2) is 4.79 Å². The van der Waals surface area contributed by atoms with Crippen molar-refractivity contribution in [1.29, 1.82) is 0 Å². The maximum atomic E-state index is 11.8. The fraction of sp³-hybridized carbons (Fsp3) is 0.400. The average molecular weight is 401 g/mol. The first-order valence-electron chi connectivity index (χ1n) is 9.28. The number of likely N-dealkylation sites (tertiary alicyclic amines) is 1. The Morgan fingerprint density at radius 1 is 1.43 bits per heavy atom. The molecule has 28 heavy (non-hydrogen) atoms. The highest BCUT2D eigenvalue weighted by Gasteiger charge is 2.25. The van der Waals surface area contributed by atoms with E-state index in [-0.39, 0.29) is 10.8 Å². The van der Waals surface area contributed by atoms with Gasteiger partial charge in [-0.3, -0.25) is 15.0 Å². The van der Waals surface area contributed by atoms with E-state index < -0.39 is 5.97 Å². The monoisotopic (exact) mass is 400 g/mol. The van der Waals surface area contributed by atoms with Crippen LogP contribution < -0.4 is 5.32 Å². The minimum atomic E-state index is -0.581. The predicted octanol–water partition coefficient (Wildman–Crippen LogP) is 2.67. The molecule has 3 rings (SSSR count). The van der Waals surface area contributed by atoms with E-state index in [9.17, 15) is 9.59 Å². The number of amidine groups is 1. The van der Waals surface area contributed by atoms with Gasteiger partial charge in [0.2, 0.25) is 0 Å². The Kier molecular flexibility index (Phi) is 7.00. The number of benzene rings is 1. The number of methoxy groups -OCH3 is 1. The first-order valence-corrected chi connectivity index (χ1v) is 10.1. The number of nitrogens with zero attached hydrogens (tertiary/aromatic N) is 3. The lowest BCUT2D eigenvalue weighted by Crippen LogP contribution is -2.36. The molecule has 0 saturated carbocycles. The fourth-order valence-electron chi connectivity index (χ4n) is 3.19. The first kappa shape index (κ1) is 20.3. The van der Waals surface area contributed by atoms with E-state index in [0.29, 0.717) is 11.2 Å². The average Bonchev–Trinajstić information content (AvgIpc) is 3.03. The van der Waals surface area contributed by atoms with E-state index in [1.54, 1.807) is 6.21 Å². The number of esters is 1. The molecule has 8 heteroatoms. The van der Waals surface area contributed by atoms with Crippen LogP contribution in [0, 0.1) is 0 Å². The molecule has 1 aromatic carbocycles. The molecule has 1 atom stereocenters. The van der Waals surface area contributed by atoms with Crippen molar-refractivity contribution in [3.05, 3.63) is 46.4 Å². The van der Waals surface area contributed by atoms with Gasteiger partial charge in [-0.1, -0.05) is 24.6 Å². The minimum absolute atomic E-state index is 0.235. The first-order chi connectivity index (χ1) is 13.5. The minimum Gasteiger partial charge on any atom is -0.466 e. The van der Waals surface area contributed by atoms with Gasteiger partial charge in [0.15, 0.2) is 5.17 Å². The second-order valence-corrected chi connectivity index (χ2v) is 7.83. The Hall–Kier alpha value is -2.45. The van der Waals surface area contributed by atoms with E-state index in [1.165, 1.54) is 31.9 Å². The third kappa shape index (κ3) is 5.53. The lowest BCUT2D eigenvalue weighted by Gasteiger charge is -2.33. The van der Waals surface area contributed by atoms with E-state index in [2.05, 4.69) is 44.2 Å². The van der Waals surface area contributed by atoms with Gasteiger partial charge in [-0.2, -0.15) is 5.10 Å². The van der Waals surface area contributed by atoms with Crippen LogP contribution in [0.3, 0.4) is 0 Å². The molecule has 0 aromatic heterocycles. The number of thioether (sulfide) groups is 1. The molecular weight excluding hydrogens is 376 g/mol. The molecule has 1 N–H and O–H groups in total. The Balaban J connectivity index is 1.62. The summed E-state index contributed by atoms with van der Waals surface area (Å²) in [6, 6.07) is 8.83. The summed E-state index contributed by atoms with van der Waals surface area (Å²) < 4.78 is 4.53. The highest BCUT2D eigenvalue weighted by molar-refractivity contribution is 8.18. The van der Waals surface area contributed by atoms with Crippen molar-refractivity contribution in [2.75, 3.05) is 13.7 Å². The van der Waals surface area contributed by atoms with Crippen LogP contribution in [0.1, 0.15) is 37.3 Å². The third-order valence-electron chi connectivity index (χ3n) is 4.73. The molecule has 1 amide bonds. The summed E-state index contributed by atoms with van der Waals surface area (Å²) in [5.74, 6) is -0.968. The van der Waals surface area contributed by atoms with Crippen molar-refractivity contribution in [3.63, 3.8) is 0 Å². The second kappa shape index (κ2) is 9.66. The van der Waals surface area contributed by atoms with Crippen LogP contribution in [-0.2, 0) is 20.9 Å². The van der Waals surface area contributed by atoms with Gasteiger partial charge >= 0.3 is 5.97 Å². The molecule has 2 aliphatic heterocycles. The van der Waals surface area contributed by atoms with Gasteiger partial charge in [0.05, 0.1) is 18.2 Å². The van der Waals surface area contributed by atoms with Crippen LogP contribution in [0.25, 0.3) is 0 Å². The molecule has 1 unspecified atom stereocenters. The second-order valence-electron chi connectivity index (χ2n) is 6.80. The fourth-order valence-corrected chi connectivity index (χ4v) is 3.93. The van der Waals surface area contributed by atoms with Crippen LogP contribution in [-0.4, -0.2) is 47.9 Å². The smallest absolute Gasteiger partial charge is 0.331 e. The van der Waals surface area contributed by atoms with Crippen LogP contribution >= 0.6 is 11.8 Å². The highest BCUT2D eigenvalue weighted by atomic mass is 32.2. The molecule has 7 nitrogen and oxygen atoms in total. The van der Waals surface area contributed by atoms with Gasteiger partial charge in [-0.15, -0.1) is 5.10 Å². The van der Waals surface area contributed by atoms with Crippen molar-refractivity contribution in [1.82, 2.24) is 10.2 Å². The lowest BCUT2D eigenvalue weighted by atomic mass is 10.0. The molecule has 0 spiro atoms. The summed E-state index contributed by atoms with van der Waals surface area (Å²) in [4.78, 5) is 25.8. The van der Waals surface area contributed by atoms with Gasteiger partial charge in [0, 0.05) is 18.7 Å². The van der Waals surface area contributed by atoms with Gasteiger partial charge in [0.25, 0.3) is 5.91 Å². The largest absolute Gasteiger partial charge is 0.466 e. The zero-order valence-electron chi connectivity index (χ0n) is 16.1. The van der Waals surface area contributed by atoms with Crippen molar-refractivity contribution < 1.29 is 14.3 Å². The molecule has 0 bridgehead atoms. The highest BCUT2D eigenvalue weighted by Crippen LogP contribution is 2.23. The molecule has 148 valence electrons. The summed E-state index contributed by atoms with van der Waals surface area (Å²) in [6.45, 7) is 4.37. The number of ether oxygens (including phenoxy) is 1. The van der Waals surface area contributed by atoms with Gasteiger partial charge < -0.3 is 4.74 Å². The van der Waals surface area contributed by atoms with Crippen molar-refractivity contribution in [2.45, 2.75) is 38.8 Å². The normalized spacial score (nSPS) is 23.5. The molecule has 0 radical (unpaired) electrons. The number of carbonyl (C=O) groups is 2. The number of hydrogen-bond acceptors (Lipinski definition) is 7. The molecular formula is C20H24N4O3S. The van der Waals surface area contributed by atoms with E-state index >= 15 is 0 Å². The number of nitrogens with one attached hydrogen (secondary N) is 1. The van der Waals surface area contributed by atoms with Crippen LogP contribution in [0.5, 0.6) is 0 Å². The molecule has 2 saturated heterocycles. The van der Waals surface area contributed by atoms with Crippen molar-refractivity contribution >= 4 is 35.0 Å². The van der Waals surface area contributed by atoms with E-state index in [4.69, 9.17) is 0 Å². The van der Waals surface area contributed by atoms with E-state index in [1.807, 2.05) is 12.1 Å². The Bertz CT molecular complexity index is 834. The quantitative estimate of drug-likeness (QED) is 0.356. The molecule has 2 heterocycles. The molecule has 0 aliphatic carbocycles. The van der Waals surface area contributed by atoms with Crippen molar-refractivity contribution in [2.24, 2.45) is 10.2 Å². The van der Waals surface area contributed by atoms with Crippen LogP contribution in [0.15, 0.2) is 45.4 Å². The van der Waals surface area contributed by atoms with Gasteiger partial charge in [0.1, 0.15) is 0 Å². The maximum Gasteiger partial charge on any atom is 0.331 e.